The highest BCUT2D eigenvalue weighted by atomic mass is 79.9. The molecule has 2 atom stereocenters. The third-order valence-electron chi connectivity index (χ3n) is 6.72. The first kappa shape index (κ1) is 25.9. The van der Waals surface area contributed by atoms with E-state index in [0.717, 1.165) is 57.1 Å². The van der Waals surface area contributed by atoms with Crippen molar-refractivity contribution in [2.75, 3.05) is 6.73 Å². The Morgan fingerprint density at radius 3 is 2.56 bits per heavy atom. The van der Waals surface area contributed by atoms with Crippen LogP contribution in [0, 0.1) is 0 Å². The minimum atomic E-state index is -0.0948. The molecule has 1 N–H and O–H groups in total. The smallest absolute Gasteiger partial charge is 0.159 e. The van der Waals surface area contributed by atoms with E-state index in [2.05, 4.69) is 77.1 Å². The number of halogens is 2. The molecule has 1 saturated heterocycles. The van der Waals surface area contributed by atoms with E-state index in [9.17, 15) is 5.11 Å². The van der Waals surface area contributed by atoms with Crippen molar-refractivity contribution < 1.29 is 9.84 Å². The van der Waals surface area contributed by atoms with Crippen LogP contribution in [0.2, 0.25) is 0 Å². The van der Waals surface area contributed by atoms with Crippen molar-refractivity contribution in [3.8, 4) is 5.75 Å². The SMILES string of the molecule is CCCC1(CCC)Oc2ccc(C3CCC(CCc4ccccc4Br)N3CO)cc2S1.Cl. The summed E-state index contributed by atoms with van der Waals surface area (Å²) in [5.41, 5.74) is 2.66. The van der Waals surface area contributed by atoms with Crippen molar-refractivity contribution in [2.45, 2.75) is 87.1 Å². The van der Waals surface area contributed by atoms with Gasteiger partial charge >= 0.3 is 0 Å². The summed E-state index contributed by atoms with van der Waals surface area (Å²) in [5, 5.41) is 10.2. The van der Waals surface area contributed by atoms with Crippen LogP contribution in [0.4, 0.5) is 0 Å². The number of likely N-dealkylation sites (tertiary alicyclic amines) is 1. The summed E-state index contributed by atoms with van der Waals surface area (Å²) in [5.74, 6) is 1.04. The Morgan fingerprint density at radius 1 is 1.12 bits per heavy atom. The van der Waals surface area contributed by atoms with E-state index in [1.54, 1.807) is 0 Å². The summed E-state index contributed by atoms with van der Waals surface area (Å²) in [4.78, 5) is 3.47. The third kappa shape index (κ3) is 5.50. The summed E-state index contributed by atoms with van der Waals surface area (Å²) in [6, 6.07) is 15.9. The second kappa shape index (κ2) is 11.6. The average molecular weight is 541 g/mol. The summed E-state index contributed by atoms with van der Waals surface area (Å²) in [7, 11) is 0. The van der Waals surface area contributed by atoms with Gasteiger partial charge in [0.2, 0.25) is 0 Å². The number of hydrogen-bond donors (Lipinski definition) is 1. The Kier molecular flexibility index (Phi) is 9.40. The zero-order valence-electron chi connectivity index (χ0n) is 19.1. The lowest BCUT2D eigenvalue weighted by molar-refractivity contribution is 0.0595. The van der Waals surface area contributed by atoms with Gasteiger partial charge in [0.15, 0.2) is 4.93 Å². The van der Waals surface area contributed by atoms with Gasteiger partial charge in [-0.2, -0.15) is 0 Å². The fourth-order valence-electron chi connectivity index (χ4n) is 5.25. The zero-order valence-corrected chi connectivity index (χ0v) is 22.3. The number of aliphatic hydroxyl groups excluding tert-OH is 1. The Balaban J connectivity index is 0.00000289. The third-order valence-corrected chi connectivity index (χ3v) is 8.89. The predicted molar refractivity (Wildman–Crippen MR) is 140 cm³/mol. The molecule has 1 fully saturated rings. The molecular formula is C26H35BrClNO2S. The first-order chi connectivity index (χ1) is 15.1. The minimum Gasteiger partial charge on any atom is -0.475 e. The number of aliphatic hydroxyl groups is 1. The Hall–Kier alpha value is -0.720. The second-order valence-corrected chi connectivity index (χ2v) is 11.1. The van der Waals surface area contributed by atoms with Gasteiger partial charge in [0.25, 0.3) is 0 Å². The molecule has 176 valence electrons. The number of fused-ring (bicyclic) bond motifs is 1. The van der Waals surface area contributed by atoms with Crippen molar-refractivity contribution in [3.63, 3.8) is 0 Å². The van der Waals surface area contributed by atoms with Gasteiger partial charge in [-0.3, -0.25) is 4.90 Å². The molecule has 0 saturated carbocycles. The first-order valence-corrected chi connectivity index (χ1v) is 13.3. The number of benzene rings is 2. The fraction of sp³-hybridized carbons (Fsp3) is 0.538. The van der Waals surface area contributed by atoms with E-state index >= 15 is 0 Å². The molecule has 0 spiro atoms. The number of rotatable bonds is 9. The molecule has 3 nitrogen and oxygen atoms in total. The average Bonchev–Trinajstić information content (AvgIpc) is 3.33. The van der Waals surface area contributed by atoms with E-state index in [1.807, 2.05) is 11.8 Å². The Morgan fingerprint density at radius 2 is 1.88 bits per heavy atom. The fourth-order valence-corrected chi connectivity index (χ4v) is 7.28. The lowest BCUT2D eigenvalue weighted by atomic mass is 10.0. The number of hydrogen-bond acceptors (Lipinski definition) is 4. The lowest BCUT2D eigenvalue weighted by Crippen LogP contribution is -2.32. The van der Waals surface area contributed by atoms with E-state index in [1.165, 1.54) is 20.5 Å². The van der Waals surface area contributed by atoms with Crippen LogP contribution in [-0.2, 0) is 6.42 Å². The van der Waals surface area contributed by atoms with Gasteiger partial charge < -0.3 is 9.84 Å². The summed E-state index contributed by atoms with van der Waals surface area (Å²) in [6.07, 6.45) is 8.75. The highest BCUT2D eigenvalue weighted by Gasteiger charge is 2.40. The van der Waals surface area contributed by atoms with Gasteiger partial charge in [0.1, 0.15) is 5.75 Å². The number of thioether (sulfide) groups is 1. The number of aryl methyl sites for hydroxylation is 1. The van der Waals surface area contributed by atoms with E-state index in [4.69, 9.17) is 4.74 Å². The van der Waals surface area contributed by atoms with Crippen LogP contribution in [0.3, 0.4) is 0 Å². The molecule has 2 aliphatic heterocycles. The minimum absolute atomic E-state index is 0. The molecule has 0 amide bonds. The molecule has 0 bridgehead atoms. The summed E-state index contributed by atoms with van der Waals surface area (Å²) < 4.78 is 7.64. The number of ether oxygens (including phenoxy) is 1. The highest BCUT2D eigenvalue weighted by Crippen LogP contribution is 2.53. The Bertz CT molecular complexity index is 890. The maximum Gasteiger partial charge on any atom is 0.159 e. The van der Waals surface area contributed by atoms with Gasteiger partial charge in [0, 0.05) is 16.6 Å². The van der Waals surface area contributed by atoms with Gasteiger partial charge in [-0.25, -0.2) is 0 Å². The monoisotopic (exact) mass is 539 g/mol. The van der Waals surface area contributed by atoms with Crippen molar-refractivity contribution >= 4 is 40.1 Å². The summed E-state index contributed by atoms with van der Waals surface area (Å²) in [6.45, 7) is 4.59. The second-order valence-electron chi connectivity index (χ2n) is 8.85. The zero-order chi connectivity index (χ0) is 21.8. The highest BCUT2D eigenvalue weighted by molar-refractivity contribution is 9.10. The quantitative estimate of drug-likeness (QED) is 0.352. The molecule has 2 aromatic carbocycles. The van der Waals surface area contributed by atoms with Crippen molar-refractivity contribution in [1.82, 2.24) is 4.90 Å². The van der Waals surface area contributed by atoms with Crippen LogP contribution in [-0.4, -0.2) is 27.7 Å². The van der Waals surface area contributed by atoms with Crippen LogP contribution in [0.5, 0.6) is 5.75 Å². The van der Waals surface area contributed by atoms with E-state index < -0.39 is 0 Å². The molecule has 6 heteroatoms. The maximum atomic E-state index is 10.2. The normalized spacial score (nSPS) is 21.8. The standard InChI is InChI=1S/C26H34BrNO2S.ClH/c1-3-15-26(16-4-2)30-24-14-10-20(17-25(24)31-26)23-13-12-21(28(23)18-29)11-9-19-7-5-6-8-22(19)27;/h5-8,10,14,17,21,23,29H,3-4,9,11-13,15-16,18H2,1-2H3;1H. The van der Waals surface area contributed by atoms with Crippen molar-refractivity contribution in [1.29, 1.82) is 0 Å². The molecule has 0 aliphatic carbocycles. The van der Waals surface area contributed by atoms with Gasteiger partial charge in [-0.1, -0.05) is 78.6 Å². The predicted octanol–water partition coefficient (Wildman–Crippen LogP) is 7.74. The van der Waals surface area contributed by atoms with Crippen LogP contribution in [0.25, 0.3) is 0 Å². The summed E-state index contributed by atoms with van der Waals surface area (Å²) >= 11 is 5.59. The molecule has 2 aliphatic rings. The molecule has 0 radical (unpaired) electrons. The van der Waals surface area contributed by atoms with Crippen LogP contribution >= 0.6 is 40.1 Å². The molecule has 0 aromatic heterocycles. The van der Waals surface area contributed by atoms with E-state index in [0.29, 0.717) is 6.04 Å². The number of nitrogens with zero attached hydrogens (tertiary/aromatic N) is 1. The maximum absolute atomic E-state index is 10.2. The molecule has 2 heterocycles. The van der Waals surface area contributed by atoms with E-state index in [-0.39, 0.29) is 30.1 Å². The van der Waals surface area contributed by atoms with Gasteiger partial charge in [0.05, 0.1) is 11.6 Å². The molecule has 4 rings (SSSR count). The molecular weight excluding hydrogens is 506 g/mol. The van der Waals surface area contributed by atoms with Crippen LogP contribution < -0.4 is 4.74 Å². The van der Waals surface area contributed by atoms with Gasteiger partial charge in [-0.05, 0) is 67.9 Å². The molecule has 32 heavy (non-hydrogen) atoms. The van der Waals surface area contributed by atoms with Crippen LogP contribution in [0.15, 0.2) is 51.8 Å². The van der Waals surface area contributed by atoms with Gasteiger partial charge in [-0.15, -0.1) is 12.4 Å². The molecule has 2 aromatic rings. The largest absolute Gasteiger partial charge is 0.475 e. The van der Waals surface area contributed by atoms with Crippen molar-refractivity contribution in [3.05, 3.63) is 58.1 Å². The lowest BCUT2D eigenvalue weighted by Gasteiger charge is -2.28. The van der Waals surface area contributed by atoms with Crippen LogP contribution in [0.1, 0.15) is 76.0 Å². The topological polar surface area (TPSA) is 32.7 Å². The Labute approximate surface area is 211 Å². The first-order valence-electron chi connectivity index (χ1n) is 11.7. The molecule has 2 unspecified atom stereocenters. The van der Waals surface area contributed by atoms with Crippen molar-refractivity contribution in [2.24, 2.45) is 0 Å².